The topological polar surface area (TPSA) is 145 Å². The zero-order chi connectivity index (χ0) is 18.6. The van der Waals surface area contributed by atoms with E-state index in [0.717, 1.165) is 24.3 Å². The minimum Gasteiger partial charge on any atom is -0.545 e. The Kier molecular flexibility index (Phi) is 5.12. The van der Waals surface area contributed by atoms with Crippen molar-refractivity contribution in [3.05, 3.63) is 62.2 Å². The number of nitro benzene ring substituents is 2. The molecule has 0 aliphatic rings. The van der Waals surface area contributed by atoms with Crippen molar-refractivity contribution < 1.29 is 29.2 Å². The van der Waals surface area contributed by atoms with Crippen LogP contribution in [0.3, 0.4) is 0 Å². The Morgan fingerprint density at radius 2 is 1.68 bits per heavy atom. The van der Waals surface area contributed by atoms with E-state index in [0.29, 0.717) is 0 Å². The number of hydrogen-bond donors (Lipinski definition) is 0. The number of nitrogens with zero attached hydrogens (tertiary/aromatic N) is 2. The number of rotatable bonds is 7. The first-order valence-corrected chi connectivity index (χ1v) is 6.92. The number of aromatic carboxylic acids is 1. The van der Waals surface area contributed by atoms with Crippen molar-refractivity contribution in [1.29, 1.82) is 0 Å². The van der Waals surface area contributed by atoms with Crippen LogP contribution in [0, 0.1) is 20.2 Å². The Morgan fingerprint density at radius 1 is 1.00 bits per heavy atom. The summed E-state index contributed by atoms with van der Waals surface area (Å²) < 4.78 is 10.7. The highest BCUT2D eigenvalue weighted by molar-refractivity contribution is 5.86. The number of carboxylic acids is 1. The fraction of sp³-hybridized carbons (Fsp3) is 0.133. The Bertz CT molecular complexity index is 849. The van der Waals surface area contributed by atoms with Gasteiger partial charge in [0.25, 0.3) is 5.69 Å². The van der Waals surface area contributed by atoms with Gasteiger partial charge in [-0.25, -0.2) is 0 Å². The van der Waals surface area contributed by atoms with Crippen molar-refractivity contribution in [2.24, 2.45) is 0 Å². The van der Waals surface area contributed by atoms with Crippen molar-refractivity contribution in [2.75, 3.05) is 6.61 Å². The second-order valence-electron chi connectivity index (χ2n) is 4.65. The van der Waals surface area contributed by atoms with Gasteiger partial charge in [-0.3, -0.25) is 20.2 Å². The minimum absolute atomic E-state index is 0.0174. The number of nitro groups is 2. The molecule has 0 aliphatic carbocycles. The van der Waals surface area contributed by atoms with Crippen LogP contribution in [0.25, 0.3) is 0 Å². The van der Waals surface area contributed by atoms with Gasteiger partial charge in [0.2, 0.25) is 5.75 Å². The van der Waals surface area contributed by atoms with E-state index >= 15 is 0 Å². The molecule has 130 valence electrons. The third-order valence-corrected chi connectivity index (χ3v) is 3.05. The van der Waals surface area contributed by atoms with E-state index in [4.69, 9.17) is 9.47 Å². The molecule has 2 aromatic carbocycles. The summed E-state index contributed by atoms with van der Waals surface area (Å²) in [6.45, 7) is 1.85. The molecule has 0 atom stereocenters. The lowest BCUT2D eigenvalue weighted by Gasteiger charge is -2.13. The maximum Gasteiger partial charge on any atom is 0.318 e. The zero-order valence-electron chi connectivity index (χ0n) is 12.8. The highest BCUT2D eigenvalue weighted by Crippen LogP contribution is 2.38. The van der Waals surface area contributed by atoms with Crippen LogP contribution in [0.5, 0.6) is 17.2 Å². The number of carbonyl (C=O) groups is 1. The summed E-state index contributed by atoms with van der Waals surface area (Å²) in [5.74, 6) is -1.62. The highest BCUT2D eigenvalue weighted by Gasteiger charge is 2.22. The maximum atomic E-state index is 11.1. The fourth-order valence-corrected chi connectivity index (χ4v) is 1.95. The van der Waals surface area contributed by atoms with Crippen molar-refractivity contribution in [3.8, 4) is 17.2 Å². The molecule has 0 unspecified atom stereocenters. The van der Waals surface area contributed by atoms with Gasteiger partial charge in [0.15, 0.2) is 11.5 Å². The Hall–Kier alpha value is -3.69. The van der Waals surface area contributed by atoms with Crippen LogP contribution in [0.15, 0.2) is 36.4 Å². The quantitative estimate of drug-likeness (QED) is 0.546. The molecular weight excluding hydrogens is 336 g/mol. The molecular formula is C15H11N2O8-. The lowest BCUT2D eigenvalue weighted by molar-refractivity contribution is -0.394. The average molecular weight is 347 g/mol. The van der Waals surface area contributed by atoms with Crippen LogP contribution < -0.4 is 14.6 Å². The molecule has 0 saturated heterocycles. The van der Waals surface area contributed by atoms with Crippen LogP contribution >= 0.6 is 0 Å². The number of hydrogen-bond acceptors (Lipinski definition) is 8. The number of carboxylic acid groups (broad SMARTS) is 1. The molecule has 0 saturated carbocycles. The van der Waals surface area contributed by atoms with Crippen molar-refractivity contribution >= 4 is 17.3 Å². The third-order valence-electron chi connectivity index (χ3n) is 3.05. The van der Waals surface area contributed by atoms with Gasteiger partial charge < -0.3 is 19.4 Å². The molecule has 0 amide bonds. The lowest BCUT2D eigenvalue weighted by atomic mass is 10.2. The molecule has 10 nitrogen and oxygen atoms in total. The Balaban J connectivity index is 2.46. The molecule has 2 aromatic rings. The van der Waals surface area contributed by atoms with E-state index in [9.17, 15) is 30.1 Å². The van der Waals surface area contributed by atoms with Crippen LogP contribution in [0.2, 0.25) is 0 Å². The number of carbonyl (C=O) groups excluding carboxylic acids is 1. The molecule has 0 radical (unpaired) electrons. The summed E-state index contributed by atoms with van der Waals surface area (Å²) >= 11 is 0. The van der Waals surface area contributed by atoms with Crippen molar-refractivity contribution in [3.63, 3.8) is 0 Å². The van der Waals surface area contributed by atoms with Crippen LogP contribution in [-0.4, -0.2) is 22.4 Å². The largest absolute Gasteiger partial charge is 0.545 e. The summed E-state index contributed by atoms with van der Waals surface area (Å²) in [6, 6.07) is 6.50. The van der Waals surface area contributed by atoms with Crippen molar-refractivity contribution in [1.82, 2.24) is 0 Å². The summed E-state index contributed by atoms with van der Waals surface area (Å²) in [6.07, 6.45) is 0. The first-order chi connectivity index (χ1) is 11.8. The molecule has 0 spiro atoms. The maximum absolute atomic E-state index is 11.1. The van der Waals surface area contributed by atoms with Gasteiger partial charge in [-0.1, -0.05) is 0 Å². The number of non-ortho nitro benzene ring substituents is 1. The first-order valence-electron chi connectivity index (χ1n) is 6.92. The predicted octanol–water partition coefficient (Wildman–Crippen LogP) is 2.06. The molecule has 0 bridgehead atoms. The lowest BCUT2D eigenvalue weighted by Crippen LogP contribution is -2.22. The number of benzene rings is 2. The number of ether oxygens (including phenoxy) is 2. The van der Waals surface area contributed by atoms with Gasteiger partial charge in [0.05, 0.1) is 28.5 Å². The van der Waals surface area contributed by atoms with Crippen molar-refractivity contribution in [2.45, 2.75) is 6.92 Å². The van der Waals surface area contributed by atoms with Crippen LogP contribution in [0.4, 0.5) is 11.4 Å². The SMILES string of the molecule is CCOc1cc(C(=O)[O-])ccc1Oc1ccc([N+](=O)[O-])cc1[N+](=O)[O-]. The van der Waals surface area contributed by atoms with E-state index in [2.05, 4.69) is 0 Å². The third kappa shape index (κ3) is 3.99. The van der Waals surface area contributed by atoms with Gasteiger partial charge in [0, 0.05) is 11.6 Å². The molecule has 0 heterocycles. The van der Waals surface area contributed by atoms with E-state index in [1.54, 1.807) is 6.92 Å². The molecule has 0 N–H and O–H groups in total. The molecule has 0 fully saturated rings. The average Bonchev–Trinajstić information content (AvgIpc) is 2.56. The standard InChI is InChI=1S/C15H12N2O8/c1-2-24-14-7-9(15(18)19)3-5-13(14)25-12-6-4-10(16(20)21)8-11(12)17(22)23/h3-8H,2H2,1H3,(H,18,19)/p-1. The summed E-state index contributed by atoms with van der Waals surface area (Å²) in [5.41, 5.74) is -1.23. The van der Waals surface area contributed by atoms with E-state index in [1.807, 2.05) is 0 Å². The van der Waals surface area contributed by atoms with E-state index in [-0.39, 0.29) is 29.4 Å². The van der Waals surface area contributed by atoms with Gasteiger partial charge >= 0.3 is 5.69 Å². The monoisotopic (exact) mass is 347 g/mol. The normalized spacial score (nSPS) is 10.1. The Labute approximate surface area is 140 Å². The van der Waals surface area contributed by atoms with Gasteiger partial charge in [-0.05, 0) is 31.2 Å². The highest BCUT2D eigenvalue weighted by atomic mass is 16.6. The van der Waals surface area contributed by atoms with Crippen LogP contribution in [0.1, 0.15) is 17.3 Å². The van der Waals surface area contributed by atoms with E-state index in [1.165, 1.54) is 12.1 Å². The molecule has 10 heteroatoms. The summed E-state index contributed by atoms with van der Waals surface area (Å²) in [5, 5.41) is 32.8. The smallest absolute Gasteiger partial charge is 0.318 e. The fourth-order valence-electron chi connectivity index (χ4n) is 1.95. The van der Waals surface area contributed by atoms with E-state index < -0.39 is 27.2 Å². The summed E-state index contributed by atoms with van der Waals surface area (Å²) in [4.78, 5) is 31.2. The second kappa shape index (κ2) is 7.25. The molecule has 25 heavy (non-hydrogen) atoms. The molecule has 0 aliphatic heterocycles. The molecule has 0 aromatic heterocycles. The van der Waals surface area contributed by atoms with Gasteiger partial charge in [0.1, 0.15) is 0 Å². The summed E-state index contributed by atoms with van der Waals surface area (Å²) in [7, 11) is 0. The zero-order valence-corrected chi connectivity index (χ0v) is 12.8. The predicted molar refractivity (Wildman–Crippen MR) is 81.8 cm³/mol. The van der Waals surface area contributed by atoms with Crippen LogP contribution in [-0.2, 0) is 0 Å². The second-order valence-corrected chi connectivity index (χ2v) is 4.65. The minimum atomic E-state index is -1.42. The van der Waals surface area contributed by atoms with Gasteiger partial charge in [-0.15, -0.1) is 0 Å². The first kappa shape index (κ1) is 17.7. The Morgan fingerprint density at radius 3 is 2.24 bits per heavy atom. The molecule has 2 rings (SSSR count). The van der Waals surface area contributed by atoms with Gasteiger partial charge in [-0.2, -0.15) is 0 Å².